The smallest absolute Gasteiger partial charge is 0.436 e. The molecule has 0 radical (unpaired) electrons. The second kappa shape index (κ2) is 10.2. The standard InChI is InChI=1S/C21H23N5O5S.ClH/c1-3-31-21(30)26-19-15(12-16(32-19)20(28)29)17(23-26)22-18(27)13-4-6-14(7-5-13)25-10-8-24(2)9-11-25;/h4-7,12H,3,8-11H2,1-2H3,(H,28,29)(H,22,23,27);1H. The molecule has 3 heterocycles. The van der Waals surface area contributed by atoms with Crippen LogP contribution in [-0.4, -0.2) is 77.6 Å². The number of hydrogen-bond donors (Lipinski definition) is 2. The number of fused-ring (bicyclic) bond motifs is 1. The minimum absolute atomic E-state index is 0. The fourth-order valence-electron chi connectivity index (χ4n) is 3.48. The van der Waals surface area contributed by atoms with Crippen molar-refractivity contribution in [2.24, 2.45) is 0 Å². The lowest BCUT2D eigenvalue weighted by Gasteiger charge is -2.34. The molecule has 176 valence electrons. The molecule has 1 aliphatic rings. The Kier molecular flexibility index (Phi) is 7.57. The molecule has 33 heavy (non-hydrogen) atoms. The first-order valence-corrected chi connectivity index (χ1v) is 11.0. The number of aromatic nitrogens is 2. The number of likely N-dealkylation sites (N-methyl/N-ethyl adjacent to an activating group) is 1. The average molecular weight is 494 g/mol. The summed E-state index contributed by atoms with van der Waals surface area (Å²) >= 11 is 0.888. The highest BCUT2D eigenvalue weighted by molar-refractivity contribution is 7.20. The van der Waals surface area contributed by atoms with Gasteiger partial charge in [-0.05, 0) is 44.3 Å². The van der Waals surface area contributed by atoms with E-state index in [9.17, 15) is 19.5 Å². The van der Waals surface area contributed by atoms with Crippen molar-refractivity contribution in [3.8, 4) is 0 Å². The molecule has 1 fully saturated rings. The number of carboxylic acids is 1. The quantitative estimate of drug-likeness (QED) is 0.556. The van der Waals surface area contributed by atoms with Crippen molar-refractivity contribution in [1.29, 1.82) is 0 Å². The molecule has 1 saturated heterocycles. The molecule has 0 aliphatic carbocycles. The number of benzene rings is 1. The number of piperazine rings is 1. The fraction of sp³-hybridized carbons (Fsp3) is 0.333. The van der Waals surface area contributed by atoms with E-state index in [-0.39, 0.29) is 29.7 Å². The predicted molar refractivity (Wildman–Crippen MR) is 128 cm³/mol. The van der Waals surface area contributed by atoms with Crippen LogP contribution < -0.4 is 10.2 Å². The number of nitrogens with one attached hydrogen (secondary N) is 1. The van der Waals surface area contributed by atoms with Crippen LogP contribution in [-0.2, 0) is 4.74 Å². The molecule has 12 heteroatoms. The predicted octanol–water partition coefficient (Wildman–Crippen LogP) is 3.23. The Hall–Kier alpha value is -3.15. The lowest BCUT2D eigenvalue weighted by molar-refractivity contribution is 0.0702. The Balaban J connectivity index is 0.00000306. The zero-order chi connectivity index (χ0) is 22.8. The van der Waals surface area contributed by atoms with Gasteiger partial charge in [-0.1, -0.05) is 0 Å². The number of thiophene rings is 1. The van der Waals surface area contributed by atoms with Crippen LogP contribution in [0.2, 0.25) is 0 Å². The summed E-state index contributed by atoms with van der Waals surface area (Å²) in [5.41, 5.74) is 1.47. The first kappa shape index (κ1) is 24.5. The van der Waals surface area contributed by atoms with Gasteiger partial charge in [-0.2, -0.15) is 4.68 Å². The van der Waals surface area contributed by atoms with Crippen LogP contribution in [0, 0.1) is 0 Å². The Morgan fingerprint density at radius 1 is 1.15 bits per heavy atom. The Morgan fingerprint density at radius 2 is 1.82 bits per heavy atom. The summed E-state index contributed by atoms with van der Waals surface area (Å²) in [6, 6.07) is 8.66. The highest BCUT2D eigenvalue weighted by Gasteiger charge is 2.23. The summed E-state index contributed by atoms with van der Waals surface area (Å²) in [7, 11) is 2.10. The van der Waals surface area contributed by atoms with Crippen molar-refractivity contribution in [2.45, 2.75) is 6.92 Å². The second-order valence-electron chi connectivity index (χ2n) is 7.39. The van der Waals surface area contributed by atoms with Gasteiger partial charge in [0, 0.05) is 37.4 Å². The Bertz CT molecular complexity index is 1170. The normalized spacial score (nSPS) is 14.1. The van der Waals surface area contributed by atoms with Crippen LogP contribution >= 0.6 is 23.7 Å². The number of carbonyl (C=O) groups is 3. The van der Waals surface area contributed by atoms with Gasteiger partial charge in [-0.25, -0.2) is 9.59 Å². The van der Waals surface area contributed by atoms with Crippen LogP contribution in [0.3, 0.4) is 0 Å². The summed E-state index contributed by atoms with van der Waals surface area (Å²) < 4.78 is 5.96. The highest BCUT2D eigenvalue weighted by atomic mass is 35.5. The molecule has 1 aromatic carbocycles. The molecule has 0 unspecified atom stereocenters. The Morgan fingerprint density at radius 3 is 2.42 bits per heavy atom. The van der Waals surface area contributed by atoms with Gasteiger partial charge in [0.15, 0.2) is 5.82 Å². The lowest BCUT2D eigenvalue weighted by Crippen LogP contribution is -2.44. The van der Waals surface area contributed by atoms with Crippen molar-refractivity contribution in [3.05, 3.63) is 40.8 Å². The molecular weight excluding hydrogens is 470 g/mol. The van der Waals surface area contributed by atoms with Crippen molar-refractivity contribution < 1.29 is 24.2 Å². The number of carboxylic acid groups (broad SMARTS) is 1. The molecule has 3 aromatic rings. The third-order valence-corrected chi connectivity index (χ3v) is 6.34. The van der Waals surface area contributed by atoms with Crippen molar-refractivity contribution >= 4 is 63.4 Å². The summed E-state index contributed by atoms with van der Waals surface area (Å²) in [6.07, 6.45) is -0.742. The summed E-state index contributed by atoms with van der Waals surface area (Å²) in [4.78, 5) is 41.3. The monoisotopic (exact) mass is 493 g/mol. The van der Waals surface area contributed by atoms with Crippen molar-refractivity contribution in [2.75, 3.05) is 50.1 Å². The van der Waals surface area contributed by atoms with Gasteiger partial charge >= 0.3 is 12.1 Å². The molecule has 0 spiro atoms. The van der Waals surface area contributed by atoms with E-state index < -0.39 is 18.0 Å². The van der Waals surface area contributed by atoms with Gasteiger partial charge in [0.05, 0.1) is 12.0 Å². The molecule has 0 atom stereocenters. The molecule has 0 bridgehead atoms. The minimum Gasteiger partial charge on any atom is -0.477 e. The topological polar surface area (TPSA) is 117 Å². The zero-order valence-corrected chi connectivity index (χ0v) is 19.7. The maximum Gasteiger partial charge on any atom is 0.436 e. The molecule has 1 amide bonds. The number of rotatable bonds is 5. The van der Waals surface area contributed by atoms with Crippen LogP contribution in [0.4, 0.5) is 16.3 Å². The summed E-state index contributed by atoms with van der Waals surface area (Å²) in [5, 5.41) is 16.5. The lowest BCUT2D eigenvalue weighted by atomic mass is 10.1. The number of aromatic carboxylic acids is 1. The first-order chi connectivity index (χ1) is 15.4. The molecule has 0 saturated carbocycles. The maximum atomic E-state index is 12.8. The number of anilines is 2. The van der Waals surface area contributed by atoms with E-state index >= 15 is 0 Å². The number of ether oxygens (including phenoxy) is 1. The van der Waals surface area contributed by atoms with Gasteiger partial charge in [0.2, 0.25) is 0 Å². The van der Waals surface area contributed by atoms with E-state index in [0.717, 1.165) is 47.9 Å². The van der Waals surface area contributed by atoms with Gasteiger partial charge < -0.3 is 25.0 Å². The van der Waals surface area contributed by atoms with Crippen LogP contribution in [0.25, 0.3) is 10.2 Å². The first-order valence-electron chi connectivity index (χ1n) is 10.1. The maximum absolute atomic E-state index is 12.8. The number of amides is 1. The molecule has 1 aliphatic heterocycles. The van der Waals surface area contributed by atoms with Gasteiger partial charge in [0.25, 0.3) is 5.91 Å². The largest absolute Gasteiger partial charge is 0.477 e. The van der Waals surface area contributed by atoms with E-state index in [1.165, 1.54) is 6.07 Å². The van der Waals surface area contributed by atoms with E-state index in [1.54, 1.807) is 19.1 Å². The second-order valence-corrected chi connectivity index (χ2v) is 8.42. The molecule has 2 aromatic heterocycles. The van der Waals surface area contributed by atoms with Crippen molar-refractivity contribution in [3.63, 3.8) is 0 Å². The summed E-state index contributed by atoms with van der Waals surface area (Å²) in [5.74, 6) is -1.43. The molecule has 10 nitrogen and oxygen atoms in total. The van der Waals surface area contributed by atoms with Gasteiger partial charge in [0.1, 0.15) is 9.71 Å². The number of carbonyl (C=O) groups excluding carboxylic acids is 2. The van der Waals surface area contributed by atoms with Gasteiger partial charge in [-0.15, -0.1) is 28.8 Å². The molecular formula is C21H24ClN5O5S. The summed E-state index contributed by atoms with van der Waals surface area (Å²) in [6.45, 7) is 5.62. The zero-order valence-electron chi connectivity index (χ0n) is 18.1. The average Bonchev–Trinajstić information content (AvgIpc) is 3.35. The van der Waals surface area contributed by atoms with E-state index in [4.69, 9.17) is 4.74 Å². The van der Waals surface area contributed by atoms with E-state index in [0.29, 0.717) is 15.8 Å². The van der Waals surface area contributed by atoms with E-state index in [1.807, 2.05) is 12.1 Å². The number of hydrogen-bond acceptors (Lipinski definition) is 8. The third-order valence-electron chi connectivity index (χ3n) is 5.24. The number of nitrogens with zero attached hydrogens (tertiary/aromatic N) is 4. The Labute approximate surface area is 200 Å². The van der Waals surface area contributed by atoms with Crippen LogP contribution in [0.1, 0.15) is 27.0 Å². The number of halogens is 1. The molecule has 4 rings (SSSR count). The van der Waals surface area contributed by atoms with Crippen molar-refractivity contribution in [1.82, 2.24) is 14.7 Å². The van der Waals surface area contributed by atoms with E-state index in [2.05, 4.69) is 27.3 Å². The van der Waals surface area contributed by atoms with Crippen LogP contribution in [0.5, 0.6) is 0 Å². The SMILES string of the molecule is CCOC(=O)n1nc(NC(=O)c2ccc(N3CCN(C)CC3)cc2)c2cc(C(=O)O)sc21.Cl. The van der Waals surface area contributed by atoms with Crippen LogP contribution in [0.15, 0.2) is 30.3 Å². The third kappa shape index (κ3) is 5.10. The minimum atomic E-state index is -1.13. The van der Waals surface area contributed by atoms with Gasteiger partial charge in [-0.3, -0.25) is 4.79 Å². The molecule has 2 N–H and O–H groups in total. The fourth-order valence-corrected chi connectivity index (χ4v) is 4.42. The highest BCUT2D eigenvalue weighted by Crippen LogP contribution is 2.32.